The minimum Gasteiger partial charge on any atom is -0.481 e. The van der Waals surface area contributed by atoms with E-state index in [4.69, 9.17) is 14.8 Å². The second-order valence-electron chi connectivity index (χ2n) is 7.68. The Morgan fingerprint density at radius 3 is 2.90 bits per heavy atom. The Balaban J connectivity index is 1.36. The van der Waals surface area contributed by atoms with Crippen LogP contribution in [0.2, 0.25) is 0 Å². The zero-order chi connectivity index (χ0) is 20.3. The van der Waals surface area contributed by atoms with Gasteiger partial charge in [0.05, 0.1) is 7.11 Å². The molecule has 30 heavy (non-hydrogen) atoms. The van der Waals surface area contributed by atoms with Gasteiger partial charge in [0.2, 0.25) is 5.88 Å². The van der Waals surface area contributed by atoms with E-state index in [1.54, 1.807) is 19.5 Å². The molecule has 0 unspecified atom stereocenters. The van der Waals surface area contributed by atoms with Gasteiger partial charge < -0.3 is 4.74 Å². The van der Waals surface area contributed by atoms with Crippen molar-refractivity contribution >= 4 is 5.65 Å². The molecule has 1 atom stereocenters. The average molecular weight is 400 g/mol. The molecule has 0 spiro atoms. The van der Waals surface area contributed by atoms with E-state index >= 15 is 0 Å². The number of methoxy groups -OCH3 is 1. The molecular formula is C23H24N6O. The number of aromatic nitrogens is 5. The highest BCUT2D eigenvalue weighted by Crippen LogP contribution is 2.28. The number of pyridine rings is 3. The number of hydrogen-bond donors (Lipinski definition) is 0. The van der Waals surface area contributed by atoms with Crippen LogP contribution in [0.15, 0.2) is 61.2 Å². The number of nitrogens with zero attached hydrogens (tertiary/aromatic N) is 6. The fourth-order valence-corrected chi connectivity index (χ4v) is 4.16. The fourth-order valence-electron chi connectivity index (χ4n) is 4.16. The Hall–Kier alpha value is -3.32. The smallest absolute Gasteiger partial charge is 0.217 e. The molecule has 1 fully saturated rings. The number of likely N-dealkylation sites (tertiary alicyclic amines) is 1. The first-order valence-corrected chi connectivity index (χ1v) is 10.3. The van der Waals surface area contributed by atoms with E-state index in [0.29, 0.717) is 11.8 Å². The van der Waals surface area contributed by atoms with Gasteiger partial charge in [-0.05, 0) is 43.7 Å². The molecule has 0 aliphatic carbocycles. The summed E-state index contributed by atoms with van der Waals surface area (Å²) in [5.41, 5.74) is 4.15. The maximum atomic E-state index is 5.42. The summed E-state index contributed by atoms with van der Waals surface area (Å²) >= 11 is 0. The Bertz CT molecular complexity index is 1140. The van der Waals surface area contributed by atoms with E-state index in [9.17, 15) is 0 Å². The summed E-state index contributed by atoms with van der Waals surface area (Å²) in [6, 6.07) is 12.1. The van der Waals surface area contributed by atoms with Crippen molar-refractivity contribution in [2.24, 2.45) is 0 Å². The Morgan fingerprint density at radius 1 is 1.10 bits per heavy atom. The lowest BCUT2D eigenvalue weighted by Gasteiger charge is -2.31. The summed E-state index contributed by atoms with van der Waals surface area (Å²) in [7, 11) is 1.67. The van der Waals surface area contributed by atoms with Crippen LogP contribution < -0.4 is 4.74 Å². The van der Waals surface area contributed by atoms with E-state index < -0.39 is 0 Å². The zero-order valence-electron chi connectivity index (χ0n) is 17.0. The lowest BCUT2D eigenvalue weighted by molar-refractivity contribution is 0.194. The lowest BCUT2D eigenvalue weighted by Crippen LogP contribution is -2.34. The van der Waals surface area contributed by atoms with E-state index in [1.165, 1.54) is 0 Å². The highest BCUT2D eigenvalue weighted by atomic mass is 16.5. The van der Waals surface area contributed by atoms with Gasteiger partial charge in [0, 0.05) is 60.5 Å². The molecule has 0 amide bonds. The normalized spacial score (nSPS) is 17.3. The summed E-state index contributed by atoms with van der Waals surface area (Å²) in [5, 5.41) is 4.82. The summed E-state index contributed by atoms with van der Waals surface area (Å²) in [6.45, 7) is 2.82. The molecule has 152 valence electrons. The van der Waals surface area contributed by atoms with Crippen molar-refractivity contribution in [2.75, 3.05) is 20.2 Å². The third-order valence-electron chi connectivity index (χ3n) is 5.65. The average Bonchev–Trinajstić information content (AvgIpc) is 3.24. The standard InChI is InChI=1S/C23H24N6O/c1-30-23-20(6-3-11-25-23)15-28-12-4-7-19(14-28)22-26-21-9-8-18(16-29(21)27-22)17-5-2-10-24-13-17/h2-3,5-6,8-11,13,16,19H,4,7,12,14-15H2,1H3/t19-/m0/s1. The molecule has 5 rings (SSSR count). The maximum Gasteiger partial charge on any atom is 0.217 e. The van der Waals surface area contributed by atoms with Gasteiger partial charge in [0.15, 0.2) is 11.5 Å². The molecule has 7 heteroatoms. The lowest BCUT2D eigenvalue weighted by atomic mass is 9.97. The van der Waals surface area contributed by atoms with Gasteiger partial charge in [0.25, 0.3) is 0 Å². The summed E-state index contributed by atoms with van der Waals surface area (Å²) in [5.74, 6) is 1.94. The molecule has 1 aliphatic rings. The minimum atomic E-state index is 0.322. The van der Waals surface area contributed by atoms with Gasteiger partial charge in [-0.2, -0.15) is 5.10 Å². The molecule has 1 aliphatic heterocycles. The number of rotatable bonds is 5. The monoisotopic (exact) mass is 400 g/mol. The second-order valence-corrected chi connectivity index (χ2v) is 7.68. The van der Waals surface area contributed by atoms with Crippen LogP contribution in [0.1, 0.15) is 30.1 Å². The second kappa shape index (κ2) is 8.20. The fraction of sp³-hybridized carbons (Fsp3) is 0.304. The van der Waals surface area contributed by atoms with Gasteiger partial charge in [-0.1, -0.05) is 12.1 Å². The van der Waals surface area contributed by atoms with Crippen LogP contribution in [-0.2, 0) is 6.54 Å². The van der Waals surface area contributed by atoms with E-state index in [0.717, 1.165) is 60.6 Å². The summed E-state index contributed by atoms with van der Waals surface area (Å²) < 4.78 is 7.31. The maximum absolute atomic E-state index is 5.42. The van der Waals surface area contributed by atoms with E-state index in [-0.39, 0.29) is 0 Å². The zero-order valence-corrected chi connectivity index (χ0v) is 17.0. The Kier molecular flexibility index (Phi) is 5.11. The van der Waals surface area contributed by atoms with Gasteiger partial charge in [0.1, 0.15) is 0 Å². The topological polar surface area (TPSA) is 68.4 Å². The number of ether oxygens (including phenoxy) is 1. The minimum absolute atomic E-state index is 0.322. The Labute approximate surface area is 175 Å². The van der Waals surface area contributed by atoms with Crippen LogP contribution in [0.3, 0.4) is 0 Å². The van der Waals surface area contributed by atoms with Crippen molar-refractivity contribution in [1.82, 2.24) is 29.5 Å². The van der Waals surface area contributed by atoms with E-state index in [2.05, 4.69) is 33.1 Å². The first kappa shape index (κ1) is 18.7. The number of hydrogen-bond acceptors (Lipinski definition) is 6. The van der Waals surface area contributed by atoms with Crippen molar-refractivity contribution < 1.29 is 4.74 Å². The molecule has 0 saturated carbocycles. The predicted molar refractivity (Wildman–Crippen MR) is 114 cm³/mol. The number of piperidine rings is 1. The van der Waals surface area contributed by atoms with Gasteiger partial charge in [-0.25, -0.2) is 14.5 Å². The van der Waals surface area contributed by atoms with Crippen LogP contribution in [0.4, 0.5) is 0 Å². The van der Waals surface area contributed by atoms with Crippen molar-refractivity contribution in [1.29, 1.82) is 0 Å². The third kappa shape index (κ3) is 3.76. The molecule has 4 aromatic rings. The Morgan fingerprint density at radius 2 is 2.03 bits per heavy atom. The summed E-state index contributed by atoms with van der Waals surface area (Å²) in [4.78, 5) is 15.8. The first-order valence-electron chi connectivity index (χ1n) is 10.3. The van der Waals surface area contributed by atoms with Crippen LogP contribution >= 0.6 is 0 Å². The molecule has 0 N–H and O–H groups in total. The van der Waals surface area contributed by atoms with E-state index in [1.807, 2.05) is 35.1 Å². The predicted octanol–water partition coefficient (Wildman–Crippen LogP) is 3.57. The van der Waals surface area contributed by atoms with Gasteiger partial charge in [-0.15, -0.1) is 0 Å². The molecule has 1 saturated heterocycles. The molecule has 4 aromatic heterocycles. The van der Waals surface area contributed by atoms with Crippen LogP contribution in [0.25, 0.3) is 16.8 Å². The van der Waals surface area contributed by atoms with Crippen LogP contribution in [-0.4, -0.2) is 49.7 Å². The third-order valence-corrected chi connectivity index (χ3v) is 5.65. The molecule has 0 radical (unpaired) electrons. The summed E-state index contributed by atoms with van der Waals surface area (Å²) in [6.07, 6.45) is 9.68. The van der Waals surface area contributed by atoms with Crippen molar-refractivity contribution in [2.45, 2.75) is 25.3 Å². The SMILES string of the molecule is COc1ncccc1CN1CCC[C@H](c2nc3ccc(-c4cccnc4)cn3n2)C1. The highest BCUT2D eigenvalue weighted by molar-refractivity contribution is 5.63. The number of fused-ring (bicyclic) bond motifs is 1. The van der Waals surface area contributed by atoms with Crippen molar-refractivity contribution in [3.63, 3.8) is 0 Å². The largest absolute Gasteiger partial charge is 0.481 e. The van der Waals surface area contributed by atoms with Crippen molar-refractivity contribution in [3.05, 3.63) is 72.6 Å². The molecule has 7 nitrogen and oxygen atoms in total. The van der Waals surface area contributed by atoms with Gasteiger partial charge >= 0.3 is 0 Å². The van der Waals surface area contributed by atoms with Crippen LogP contribution in [0.5, 0.6) is 5.88 Å². The molecule has 0 aromatic carbocycles. The van der Waals surface area contributed by atoms with Crippen molar-refractivity contribution in [3.8, 4) is 17.0 Å². The first-order chi connectivity index (χ1) is 14.8. The quantitative estimate of drug-likeness (QED) is 0.510. The van der Waals surface area contributed by atoms with Crippen LogP contribution in [0, 0.1) is 0 Å². The molecular weight excluding hydrogens is 376 g/mol. The highest BCUT2D eigenvalue weighted by Gasteiger charge is 2.25. The molecule has 0 bridgehead atoms. The molecule has 5 heterocycles. The van der Waals surface area contributed by atoms with Gasteiger partial charge in [-0.3, -0.25) is 9.88 Å².